The van der Waals surface area contributed by atoms with E-state index in [-0.39, 0.29) is 17.3 Å². The van der Waals surface area contributed by atoms with Crippen LogP contribution in [0.5, 0.6) is 17.2 Å². The number of carbonyl (C=O) groups excluding carboxylic acids is 2. The highest BCUT2D eigenvalue weighted by atomic mass is 16.5. The SMILES string of the molecule is CCOc1ccc(/C(O)=C2\C(=O)C(=O)N(c3ccc(C#N)cc3)C2c2ccc(OC)c(OC)c2)cc1C(C)C. The van der Waals surface area contributed by atoms with Gasteiger partial charge in [0, 0.05) is 11.3 Å². The van der Waals surface area contributed by atoms with E-state index >= 15 is 0 Å². The Kier molecular flexibility index (Phi) is 7.91. The number of nitrogens with zero attached hydrogens (tertiary/aromatic N) is 2. The number of nitriles is 1. The molecule has 1 amide bonds. The first-order valence-electron chi connectivity index (χ1n) is 12.6. The fourth-order valence-electron chi connectivity index (χ4n) is 4.72. The van der Waals surface area contributed by atoms with Gasteiger partial charge in [0.25, 0.3) is 11.7 Å². The first-order chi connectivity index (χ1) is 18.7. The Balaban J connectivity index is 1.96. The number of rotatable bonds is 8. The largest absolute Gasteiger partial charge is 0.507 e. The quantitative estimate of drug-likeness (QED) is 0.227. The number of aliphatic hydroxyl groups is 1. The maximum atomic E-state index is 13.5. The summed E-state index contributed by atoms with van der Waals surface area (Å²) in [5, 5.41) is 20.8. The van der Waals surface area contributed by atoms with Crippen molar-refractivity contribution in [2.45, 2.75) is 32.7 Å². The Morgan fingerprint density at radius 2 is 1.64 bits per heavy atom. The minimum absolute atomic E-state index is 0.0598. The molecule has 1 aliphatic rings. The summed E-state index contributed by atoms with van der Waals surface area (Å²) in [6, 6.07) is 17.7. The standard InChI is InChI=1S/C31H30N2O6/c1-6-39-24-13-10-21(15-23(24)18(2)3)29(34)27-28(20-9-14-25(37-4)26(16-20)38-5)33(31(36)30(27)35)22-11-7-19(17-32)8-12-22/h7-16,18,28,34H,6H2,1-5H3/b29-27+. The maximum absolute atomic E-state index is 13.5. The number of benzene rings is 3. The fraction of sp³-hybridized carbons (Fsp3) is 0.258. The number of amides is 1. The molecule has 39 heavy (non-hydrogen) atoms. The van der Waals surface area contributed by atoms with Crippen LogP contribution in [-0.2, 0) is 9.59 Å². The van der Waals surface area contributed by atoms with Crippen molar-refractivity contribution >= 4 is 23.1 Å². The zero-order valence-corrected chi connectivity index (χ0v) is 22.5. The van der Waals surface area contributed by atoms with Gasteiger partial charge in [-0.3, -0.25) is 14.5 Å². The van der Waals surface area contributed by atoms with Gasteiger partial charge in [0.2, 0.25) is 0 Å². The number of aliphatic hydroxyl groups excluding tert-OH is 1. The van der Waals surface area contributed by atoms with E-state index < -0.39 is 17.7 Å². The summed E-state index contributed by atoms with van der Waals surface area (Å²) < 4.78 is 16.6. The molecule has 1 saturated heterocycles. The van der Waals surface area contributed by atoms with Crippen molar-refractivity contribution in [1.29, 1.82) is 5.26 Å². The molecular formula is C31H30N2O6. The number of methoxy groups -OCH3 is 2. The lowest BCUT2D eigenvalue weighted by molar-refractivity contribution is -0.132. The molecule has 0 saturated carbocycles. The van der Waals surface area contributed by atoms with Gasteiger partial charge in [-0.25, -0.2) is 0 Å². The van der Waals surface area contributed by atoms with Crippen LogP contribution < -0.4 is 19.1 Å². The highest BCUT2D eigenvalue weighted by Crippen LogP contribution is 2.44. The molecule has 8 heteroatoms. The van der Waals surface area contributed by atoms with Crippen LogP contribution >= 0.6 is 0 Å². The van der Waals surface area contributed by atoms with Crippen LogP contribution in [0.2, 0.25) is 0 Å². The zero-order valence-electron chi connectivity index (χ0n) is 22.5. The molecule has 3 aromatic carbocycles. The summed E-state index contributed by atoms with van der Waals surface area (Å²) in [7, 11) is 3.01. The van der Waals surface area contributed by atoms with Crippen LogP contribution in [0.1, 0.15) is 55.0 Å². The Morgan fingerprint density at radius 3 is 2.23 bits per heavy atom. The van der Waals surface area contributed by atoms with E-state index in [4.69, 9.17) is 14.2 Å². The van der Waals surface area contributed by atoms with E-state index in [2.05, 4.69) is 6.07 Å². The van der Waals surface area contributed by atoms with Crippen molar-refractivity contribution < 1.29 is 28.9 Å². The number of Topliss-reactive ketones (excluding diaryl/α,β-unsaturated/α-hetero) is 1. The second-order valence-electron chi connectivity index (χ2n) is 9.28. The van der Waals surface area contributed by atoms with Gasteiger partial charge in [0.1, 0.15) is 11.5 Å². The maximum Gasteiger partial charge on any atom is 0.300 e. The van der Waals surface area contributed by atoms with Gasteiger partial charge >= 0.3 is 0 Å². The van der Waals surface area contributed by atoms with Gasteiger partial charge in [-0.05, 0) is 78.6 Å². The van der Waals surface area contributed by atoms with Crippen LogP contribution in [0.25, 0.3) is 5.76 Å². The topological polar surface area (TPSA) is 109 Å². The van der Waals surface area contributed by atoms with Gasteiger partial charge in [-0.2, -0.15) is 5.26 Å². The highest BCUT2D eigenvalue weighted by Gasteiger charge is 2.47. The normalized spacial score (nSPS) is 16.3. The molecule has 3 aromatic rings. The third-order valence-electron chi connectivity index (χ3n) is 6.65. The van der Waals surface area contributed by atoms with Crippen LogP contribution in [0.15, 0.2) is 66.2 Å². The van der Waals surface area contributed by atoms with Crippen LogP contribution in [0.4, 0.5) is 5.69 Å². The van der Waals surface area contributed by atoms with Gasteiger partial charge in [0.05, 0.1) is 44.1 Å². The molecule has 1 aliphatic heterocycles. The van der Waals surface area contributed by atoms with Crippen molar-refractivity contribution in [2.24, 2.45) is 0 Å². The van der Waals surface area contributed by atoms with Gasteiger partial charge in [0.15, 0.2) is 11.5 Å². The van der Waals surface area contributed by atoms with Crippen LogP contribution in [-0.4, -0.2) is 37.6 Å². The summed E-state index contributed by atoms with van der Waals surface area (Å²) in [6.45, 7) is 6.40. The smallest absolute Gasteiger partial charge is 0.300 e. The summed E-state index contributed by atoms with van der Waals surface area (Å²) in [5.74, 6) is -0.254. The van der Waals surface area contributed by atoms with Crippen molar-refractivity contribution in [2.75, 3.05) is 25.7 Å². The van der Waals surface area contributed by atoms with E-state index in [1.54, 1.807) is 60.7 Å². The lowest BCUT2D eigenvalue weighted by Crippen LogP contribution is -2.29. The van der Waals surface area contributed by atoms with Gasteiger partial charge in [-0.1, -0.05) is 19.9 Å². The molecule has 200 valence electrons. The predicted octanol–water partition coefficient (Wildman–Crippen LogP) is 5.72. The molecule has 1 heterocycles. The first kappa shape index (κ1) is 27.3. The van der Waals surface area contributed by atoms with E-state index in [1.807, 2.05) is 20.8 Å². The average Bonchev–Trinajstić information content (AvgIpc) is 3.22. The van der Waals surface area contributed by atoms with Crippen molar-refractivity contribution in [1.82, 2.24) is 0 Å². The number of carbonyl (C=O) groups is 2. The van der Waals surface area contributed by atoms with E-state index in [9.17, 15) is 20.0 Å². The molecule has 8 nitrogen and oxygen atoms in total. The third-order valence-corrected chi connectivity index (χ3v) is 6.65. The molecule has 0 aromatic heterocycles. The summed E-state index contributed by atoms with van der Waals surface area (Å²) in [5.41, 5.74) is 2.55. The van der Waals surface area contributed by atoms with E-state index in [1.165, 1.54) is 19.1 Å². The number of hydrogen-bond acceptors (Lipinski definition) is 7. The average molecular weight is 527 g/mol. The molecule has 0 radical (unpaired) electrons. The van der Waals surface area contributed by atoms with Crippen LogP contribution in [0.3, 0.4) is 0 Å². The molecule has 1 atom stereocenters. The van der Waals surface area contributed by atoms with E-state index in [0.717, 1.165) is 5.56 Å². The summed E-state index contributed by atoms with van der Waals surface area (Å²) in [6.07, 6.45) is 0. The lowest BCUT2D eigenvalue weighted by Gasteiger charge is -2.26. The zero-order chi connectivity index (χ0) is 28.3. The van der Waals surface area contributed by atoms with E-state index in [0.29, 0.717) is 46.2 Å². The highest BCUT2D eigenvalue weighted by molar-refractivity contribution is 6.51. The van der Waals surface area contributed by atoms with Crippen molar-refractivity contribution in [3.8, 4) is 23.3 Å². The second-order valence-corrected chi connectivity index (χ2v) is 9.28. The Bertz CT molecular complexity index is 1480. The fourth-order valence-corrected chi connectivity index (χ4v) is 4.72. The minimum atomic E-state index is -0.966. The minimum Gasteiger partial charge on any atom is -0.507 e. The van der Waals surface area contributed by atoms with Gasteiger partial charge < -0.3 is 19.3 Å². The Hall–Kier alpha value is -4.77. The predicted molar refractivity (Wildman–Crippen MR) is 147 cm³/mol. The molecule has 0 aliphatic carbocycles. The molecule has 1 unspecified atom stereocenters. The Labute approximate surface area is 227 Å². The molecule has 0 spiro atoms. The summed E-state index contributed by atoms with van der Waals surface area (Å²) in [4.78, 5) is 28.3. The molecule has 1 fully saturated rings. The molecule has 1 N–H and O–H groups in total. The van der Waals surface area contributed by atoms with Crippen LogP contribution in [0, 0.1) is 11.3 Å². The lowest BCUT2D eigenvalue weighted by atomic mass is 9.93. The molecule has 4 rings (SSSR count). The second kappa shape index (κ2) is 11.3. The number of hydrogen-bond donors (Lipinski definition) is 1. The van der Waals surface area contributed by atoms with Gasteiger partial charge in [-0.15, -0.1) is 0 Å². The van der Waals surface area contributed by atoms with Crippen molar-refractivity contribution in [3.05, 3.63) is 88.5 Å². The number of ether oxygens (including phenoxy) is 3. The van der Waals surface area contributed by atoms with Crippen molar-refractivity contribution in [3.63, 3.8) is 0 Å². The Morgan fingerprint density at radius 1 is 0.974 bits per heavy atom. The summed E-state index contributed by atoms with van der Waals surface area (Å²) >= 11 is 0. The third kappa shape index (κ3) is 5.04. The number of anilines is 1. The number of ketones is 1. The molecular weight excluding hydrogens is 496 g/mol. The monoisotopic (exact) mass is 526 g/mol. The first-order valence-corrected chi connectivity index (χ1v) is 12.6. The molecule has 0 bridgehead atoms.